The van der Waals surface area contributed by atoms with Crippen LogP contribution in [0.4, 0.5) is 0 Å². The maximum absolute atomic E-state index is 11.7. The number of amides is 1. The van der Waals surface area contributed by atoms with E-state index in [0.29, 0.717) is 5.02 Å². The van der Waals surface area contributed by atoms with Gasteiger partial charge in [0.2, 0.25) is 0 Å². The summed E-state index contributed by atoms with van der Waals surface area (Å²) in [4.78, 5) is 13.0. The first kappa shape index (κ1) is 11.8. The molecule has 0 saturated heterocycles. The van der Waals surface area contributed by atoms with Gasteiger partial charge in [-0.15, -0.1) is 0 Å². The average molecular weight is 230 g/mol. The monoisotopic (exact) mass is 229 g/mol. The van der Waals surface area contributed by atoms with Crippen molar-refractivity contribution in [3.05, 3.63) is 28.8 Å². The number of benzene rings is 1. The Morgan fingerprint density at radius 3 is 2.80 bits per heavy atom. The van der Waals surface area contributed by atoms with E-state index in [1.165, 1.54) is 23.1 Å². The molecule has 1 aromatic carbocycles. The van der Waals surface area contributed by atoms with Crippen LogP contribution < -0.4 is 0 Å². The largest absolute Gasteiger partial charge is 0.507 e. The molecule has 0 atom stereocenters. The van der Waals surface area contributed by atoms with Crippen molar-refractivity contribution in [1.29, 1.82) is 0 Å². The highest BCUT2D eigenvalue weighted by atomic mass is 35.5. The van der Waals surface area contributed by atoms with Gasteiger partial charge >= 0.3 is 0 Å². The van der Waals surface area contributed by atoms with Crippen LogP contribution in [0.15, 0.2) is 18.2 Å². The zero-order valence-corrected chi connectivity index (χ0v) is 9.03. The Hall–Kier alpha value is -1.26. The van der Waals surface area contributed by atoms with Gasteiger partial charge in [0.15, 0.2) is 0 Å². The first-order valence-electron chi connectivity index (χ1n) is 4.41. The van der Waals surface area contributed by atoms with Crippen molar-refractivity contribution in [2.75, 3.05) is 20.2 Å². The van der Waals surface area contributed by atoms with E-state index in [0.717, 1.165) is 0 Å². The molecule has 1 amide bonds. The summed E-state index contributed by atoms with van der Waals surface area (Å²) in [6, 6.07) is 4.26. The number of hydrogen-bond acceptors (Lipinski definition) is 3. The molecular formula is C10H12ClNO3. The number of aromatic hydroxyl groups is 1. The highest BCUT2D eigenvalue weighted by molar-refractivity contribution is 6.31. The van der Waals surface area contributed by atoms with E-state index < -0.39 is 0 Å². The minimum Gasteiger partial charge on any atom is -0.507 e. The summed E-state index contributed by atoms with van der Waals surface area (Å²) >= 11 is 5.71. The number of phenolic OH excluding ortho intramolecular Hbond substituents is 1. The Labute approximate surface area is 92.7 Å². The minimum absolute atomic E-state index is 0.116. The van der Waals surface area contributed by atoms with Crippen LogP contribution >= 0.6 is 11.6 Å². The lowest BCUT2D eigenvalue weighted by Gasteiger charge is -2.16. The zero-order valence-electron chi connectivity index (χ0n) is 8.27. The molecule has 15 heavy (non-hydrogen) atoms. The van der Waals surface area contributed by atoms with Gasteiger partial charge in [-0.05, 0) is 18.2 Å². The van der Waals surface area contributed by atoms with Crippen LogP contribution in [0.25, 0.3) is 0 Å². The molecule has 4 nitrogen and oxygen atoms in total. The van der Waals surface area contributed by atoms with Crippen molar-refractivity contribution < 1.29 is 15.0 Å². The van der Waals surface area contributed by atoms with Crippen LogP contribution in [0.1, 0.15) is 10.4 Å². The van der Waals surface area contributed by atoms with Crippen molar-refractivity contribution in [3.63, 3.8) is 0 Å². The van der Waals surface area contributed by atoms with Gasteiger partial charge in [-0.1, -0.05) is 11.6 Å². The first-order chi connectivity index (χ1) is 7.06. The quantitative estimate of drug-likeness (QED) is 0.816. The number of rotatable bonds is 3. The third kappa shape index (κ3) is 2.84. The van der Waals surface area contributed by atoms with Gasteiger partial charge in [0.1, 0.15) is 5.75 Å². The highest BCUT2D eigenvalue weighted by Crippen LogP contribution is 2.22. The molecule has 0 heterocycles. The maximum Gasteiger partial charge on any atom is 0.257 e. The second-order valence-electron chi connectivity index (χ2n) is 3.11. The van der Waals surface area contributed by atoms with Crippen LogP contribution in [-0.4, -0.2) is 41.2 Å². The van der Waals surface area contributed by atoms with E-state index in [1.807, 2.05) is 0 Å². The Morgan fingerprint density at radius 2 is 2.20 bits per heavy atom. The van der Waals surface area contributed by atoms with Crippen molar-refractivity contribution in [3.8, 4) is 5.75 Å². The van der Waals surface area contributed by atoms with Gasteiger partial charge in [0.25, 0.3) is 5.91 Å². The van der Waals surface area contributed by atoms with E-state index in [9.17, 15) is 9.90 Å². The van der Waals surface area contributed by atoms with E-state index in [4.69, 9.17) is 16.7 Å². The predicted octanol–water partition coefficient (Wildman–Crippen LogP) is 1.11. The number of phenols is 1. The van der Waals surface area contributed by atoms with E-state index in [-0.39, 0.29) is 30.4 Å². The van der Waals surface area contributed by atoms with Crippen molar-refractivity contribution in [2.45, 2.75) is 0 Å². The molecular weight excluding hydrogens is 218 g/mol. The Kier molecular flexibility index (Phi) is 3.94. The van der Waals surface area contributed by atoms with Gasteiger partial charge in [-0.2, -0.15) is 0 Å². The van der Waals surface area contributed by atoms with Crippen LogP contribution in [0, 0.1) is 0 Å². The summed E-state index contributed by atoms with van der Waals surface area (Å²) < 4.78 is 0. The summed E-state index contributed by atoms with van der Waals surface area (Å²) in [7, 11) is 1.54. The number of likely N-dealkylation sites (N-methyl/N-ethyl adjacent to an activating group) is 1. The smallest absolute Gasteiger partial charge is 0.257 e. The number of halogens is 1. The molecule has 0 aliphatic carbocycles. The zero-order chi connectivity index (χ0) is 11.4. The molecule has 2 N–H and O–H groups in total. The van der Waals surface area contributed by atoms with Crippen LogP contribution in [0.3, 0.4) is 0 Å². The second-order valence-corrected chi connectivity index (χ2v) is 3.55. The number of aliphatic hydroxyl groups is 1. The van der Waals surface area contributed by atoms with Gasteiger partial charge in [-0.25, -0.2) is 0 Å². The summed E-state index contributed by atoms with van der Waals surface area (Å²) in [6.07, 6.45) is 0. The van der Waals surface area contributed by atoms with Crippen molar-refractivity contribution in [1.82, 2.24) is 4.90 Å². The molecule has 0 fully saturated rings. The van der Waals surface area contributed by atoms with E-state index in [2.05, 4.69) is 0 Å². The lowest BCUT2D eigenvalue weighted by Crippen LogP contribution is -2.29. The highest BCUT2D eigenvalue weighted by Gasteiger charge is 2.15. The SMILES string of the molecule is CN(CCO)C(=O)c1cc(Cl)ccc1O. The number of carbonyl (C=O) groups excluding carboxylic acids is 1. The lowest BCUT2D eigenvalue weighted by atomic mass is 10.2. The standard InChI is InChI=1S/C10H12ClNO3/c1-12(4-5-13)10(15)8-6-7(11)2-3-9(8)14/h2-3,6,13-14H,4-5H2,1H3. The number of nitrogens with zero attached hydrogens (tertiary/aromatic N) is 1. The average Bonchev–Trinajstić information content (AvgIpc) is 2.21. The number of hydrogen-bond donors (Lipinski definition) is 2. The molecule has 0 aliphatic heterocycles. The number of aliphatic hydroxyl groups excluding tert-OH is 1. The lowest BCUT2D eigenvalue weighted by molar-refractivity contribution is 0.0764. The molecule has 0 radical (unpaired) electrons. The van der Waals surface area contributed by atoms with E-state index >= 15 is 0 Å². The first-order valence-corrected chi connectivity index (χ1v) is 4.79. The van der Waals surface area contributed by atoms with Crippen LogP contribution in [-0.2, 0) is 0 Å². The molecule has 5 heteroatoms. The van der Waals surface area contributed by atoms with Crippen molar-refractivity contribution in [2.24, 2.45) is 0 Å². The summed E-state index contributed by atoms with van der Waals surface area (Å²) in [5, 5.41) is 18.5. The molecule has 0 bridgehead atoms. The van der Waals surface area contributed by atoms with E-state index in [1.54, 1.807) is 7.05 Å². The Bertz CT molecular complexity index is 368. The molecule has 82 valence electrons. The number of carbonyl (C=O) groups is 1. The molecule has 0 saturated carbocycles. The van der Waals surface area contributed by atoms with Gasteiger partial charge in [0, 0.05) is 18.6 Å². The van der Waals surface area contributed by atoms with Gasteiger partial charge in [-0.3, -0.25) is 4.79 Å². The maximum atomic E-state index is 11.7. The fraction of sp³-hybridized carbons (Fsp3) is 0.300. The van der Waals surface area contributed by atoms with Crippen molar-refractivity contribution >= 4 is 17.5 Å². The second kappa shape index (κ2) is 5.00. The topological polar surface area (TPSA) is 60.8 Å². The Balaban J connectivity index is 2.95. The Morgan fingerprint density at radius 1 is 1.53 bits per heavy atom. The normalized spacial score (nSPS) is 10.1. The fourth-order valence-corrected chi connectivity index (χ4v) is 1.31. The third-order valence-electron chi connectivity index (χ3n) is 1.97. The molecule has 0 aliphatic rings. The minimum atomic E-state index is -0.371. The predicted molar refractivity (Wildman–Crippen MR) is 57.2 cm³/mol. The third-order valence-corrected chi connectivity index (χ3v) is 2.21. The molecule has 1 aromatic rings. The molecule has 0 aromatic heterocycles. The molecule has 1 rings (SSSR count). The van der Waals surface area contributed by atoms with Crippen LogP contribution in [0.5, 0.6) is 5.75 Å². The summed E-state index contributed by atoms with van der Waals surface area (Å²) in [6.45, 7) is 0.0916. The summed E-state index contributed by atoms with van der Waals surface area (Å²) in [5.41, 5.74) is 0.137. The molecule has 0 unspecified atom stereocenters. The van der Waals surface area contributed by atoms with Gasteiger partial charge < -0.3 is 15.1 Å². The van der Waals surface area contributed by atoms with Gasteiger partial charge in [0.05, 0.1) is 12.2 Å². The molecule has 0 spiro atoms. The van der Waals surface area contributed by atoms with Crippen LogP contribution in [0.2, 0.25) is 5.02 Å². The fourth-order valence-electron chi connectivity index (χ4n) is 1.14. The summed E-state index contributed by atoms with van der Waals surface area (Å²) in [5.74, 6) is -0.488.